The number of piperidine rings is 1. The standard InChI is InChI=1S/C23H25N3O2S/c1-16-3-7-19(8-4-16)23(27)26-13-11-18(12-14-26)22-25-24-21(29-22)15-17-5-9-20(28-2)10-6-17/h3-10,18H,11-15H2,1-2H3. The number of rotatable bonds is 5. The summed E-state index contributed by atoms with van der Waals surface area (Å²) in [6.45, 7) is 3.57. The quantitative estimate of drug-likeness (QED) is 0.626. The first-order valence-electron chi connectivity index (χ1n) is 9.93. The summed E-state index contributed by atoms with van der Waals surface area (Å²) in [4.78, 5) is 14.7. The van der Waals surface area contributed by atoms with Gasteiger partial charge >= 0.3 is 0 Å². The van der Waals surface area contributed by atoms with E-state index in [1.807, 2.05) is 48.2 Å². The highest BCUT2D eigenvalue weighted by atomic mass is 32.1. The molecule has 0 N–H and O–H groups in total. The SMILES string of the molecule is COc1ccc(Cc2nnc(C3CCN(C(=O)c4ccc(C)cc4)CC3)s2)cc1. The Labute approximate surface area is 175 Å². The van der Waals surface area contributed by atoms with Crippen molar-refractivity contribution in [3.05, 3.63) is 75.2 Å². The second kappa shape index (κ2) is 8.74. The lowest BCUT2D eigenvalue weighted by Crippen LogP contribution is -2.37. The summed E-state index contributed by atoms with van der Waals surface area (Å²) in [7, 11) is 1.67. The van der Waals surface area contributed by atoms with Crippen molar-refractivity contribution in [3.8, 4) is 5.75 Å². The van der Waals surface area contributed by atoms with Crippen molar-refractivity contribution in [1.29, 1.82) is 0 Å². The van der Waals surface area contributed by atoms with Gasteiger partial charge in [0.25, 0.3) is 5.91 Å². The minimum absolute atomic E-state index is 0.126. The molecule has 5 nitrogen and oxygen atoms in total. The first kappa shape index (κ1) is 19.6. The lowest BCUT2D eigenvalue weighted by molar-refractivity contribution is 0.0713. The van der Waals surface area contributed by atoms with Crippen molar-refractivity contribution in [2.24, 2.45) is 0 Å². The predicted octanol–water partition coefficient (Wildman–Crippen LogP) is 4.47. The van der Waals surface area contributed by atoms with Gasteiger partial charge in [-0.3, -0.25) is 4.79 Å². The van der Waals surface area contributed by atoms with Gasteiger partial charge in [0, 0.05) is 31.0 Å². The number of nitrogens with zero attached hydrogens (tertiary/aromatic N) is 3. The molecule has 1 aliphatic heterocycles. The number of likely N-dealkylation sites (tertiary alicyclic amines) is 1. The molecule has 1 amide bonds. The summed E-state index contributed by atoms with van der Waals surface area (Å²) in [5.74, 6) is 1.37. The van der Waals surface area contributed by atoms with E-state index in [1.165, 1.54) is 11.1 Å². The van der Waals surface area contributed by atoms with Crippen LogP contribution < -0.4 is 4.74 Å². The Morgan fingerprint density at radius 1 is 1.07 bits per heavy atom. The Morgan fingerprint density at radius 3 is 2.41 bits per heavy atom. The first-order valence-corrected chi connectivity index (χ1v) is 10.7. The van der Waals surface area contributed by atoms with E-state index in [0.717, 1.165) is 53.7 Å². The molecule has 1 saturated heterocycles. The molecule has 6 heteroatoms. The van der Waals surface area contributed by atoms with Gasteiger partial charge in [0.15, 0.2) is 0 Å². The zero-order valence-corrected chi connectivity index (χ0v) is 17.6. The van der Waals surface area contributed by atoms with Gasteiger partial charge in [0.1, 0.15) is 15.8 Å². The van der Waals surface area contributed by atoms with Crippen molar-refractivity contribution in [2.75, 3.05) is 20.2 Å². The molecule has 1 fully saturated rings. The third-order valence-electron chi connectivity index (χ3n) is 5.43. The average Bonchev–Trinajstić information content (AvgIpc) is 3.23. The molecule has 0 bridgehead atoms. The third-order valence-corrected chi connectivity index (χ3v) is 6.51. The van der Waals surface area contributed by atoms with E-state index in [4.69, 9.17) is 4.74 Å². The number of benzene rings is 2. The molecule has 1 aliphatic rings. The average molecular weight is 408 g/mol. The number of carbonyl (C=O) groups is 1. The molecule has 0 saturated carbocycles. The molecule has 4 rings (SSSR count). The summed E-state index contributed by atoms with van der Waals surface area (Å²) in [5, 5.41) is 11.0. The van der Waals surface area contributed by atoms with Crippen molar-refractivity contribution in [1.82, 2.24) is 15.1 Å². The van der Waals surface area contributed by atoms with Crippen molar-refractivity contribution in [2.45, 2.75) is 32.1 Å². The van der Waals surface area contributed by atoms with Gasteiger partial charge in [-0.05, 0) is 49.6 Å². The molecule has 0 atom stereocenters. The minimum atomic E-state index is 0.126. The Morgan fingerprint density at radius 2 is 1.76 bits per heavy atom. The van der Waals surface area contributed by atoms with Crippen LogP contribution in [-0.4, -0.2) is 41.2 Å². The number of aromatic nitrogens is 2. The molecule has 150 valence electrons. The predicted molar refractivity (Wildman–Crippen MR) is 115 cm³/mol. The van der Waals surface area contributed by atoms with Crippen LogP contribution in [0.15, 0.2) is 48.5 Å². The number of amides is 1. The molecule has 0 spiro atoms. The Balaban J connectivity index is 1.34. The second-order valence-corrected chi connectivity index (χ2v) is 8.59. The van der Waals surface area contributed by atoms with Crippen LogP contribution in [0.3, 0.4) is 0 Å². The highest BCUT2D eigenvalue weighted by molar-refractivity contribution is 7.11. The van der Waals surface area contributed by atoms with Crippen molar-refractivity contribution in [3.63, 3.8) is 0 Å². The molecule has 0 aliphatic carbocycles. The fourth-order valence-corrected chi connectivity index (χ4v) is 4.68. The monoisotopic (exact) mass is 407 g/mol. The van der Waals surface area contributed by atoms with E-state index in [9.17, 15) is 4.79 Å². The van der Waals surface area contributed by atoms with E-state index in [-0.39, 0.29) is 5.91 Å². The summed E-state index contributed by atoms with van der Waals surface area (Å²) < 4.78 is 5.21. The largest absolute Gasteiger partial charge is 0.497 e. The summed E-state index contributed by atoms with van der Waals surface area (Å²) in [5.41, 5.74) is 3.14. The van der Waals surface area contributed by atoms with Gasteiger partial charge in [-0.2, -0.15) is 0 Å². The van der Waals surface area contributed by atoms with E-state index in [2.05, 4.69) is 22.3 Å². The number of ether oxygens (including phenoxy) is 1. The molecule has 0 radical (unpaired) electrons. The van der Waals surface area contributed by atoms with E-state index < -0.39 is 0 Å². The maximum atomic E-state index is 12.7. The topological polar surface area (TPSA) is 55.3 Å². The molecule has 2 heterocycles. The smallest absolute Gasteiger partial charge is 0.253 e. The lowest BCUT2D eigenvalue weighted by atomic mass is 9.97. The number of carbonyl (C=O) groups excluding carboxylic acids is 1. The van der Waals surface area contributed by atoms with Crippen LogP contribution in [0, 0.1) is 6.92 Å². The van der Waals surface area contributed by atoms with Crippen LogP contribution in [0.1, 0.15) is 50.3 Å². The summed E-state index contributed by atoms with van der Waals surface area (Å²) in [6, 6.07) is 15.9. The fourth-order valence-electron chi connectivity index (χ4n) is 3.63. The van der Waals surface area contributed by atoms with Crippen LogP contribution in [0.5, 0.6) is 5.75 Å². The number of hydrogen-bond donors (Lipinski definition) is 0. The fraction of sp³-hybridized carbons (Fsp3) is 0.348. The van der Waals surface area contributed by atoms with E-state index >= 15 is 0 Å². The van der Waals surface area contributed by atoms with Gasteiger partial charge in [-0.25, -0.2) is 0 Å². The van der Waals surface area contributed by atoms with Crippen LogP contribution in [0.4, 0.5) is 0 Å². The van der Waals surface area contributed by atoms with Gasteiger partial charge in [0.2, 0.25) is 0 Å². The van der Waals surface area contributed by atoms with E-state index in [0.29, 0.717) is 5.92 Å². The Hall–Kier alpha value is -2.73. The van der Waals surface area contributed by atoms with Crippen LogP contribution in [-0.2, 0) is 6.42 Å². The Kier molecular flexibility index (Phi) is 5.90. The zero-order valence-electron chi connectivity index (χ0n) is 16.8. The lowest BCUT2D eigenvalue weighted by Gasteiger charge is -2.31. The highest BCUT2D eigenvalue weighted by Crippen LogP contribution is 2.31. The van der Waals surface area contributed by atoms with Gasteiger partial charge in [-0.1, -0.05) is 29.8 Å². The van der Waals surface area contributed by atoms with Gasteiger partial charge < -0.3 is 9.64 Å². The maximum absolute atomic E-state index is 12.7. The van der Waals surface area contributed by atoms with Gasteiger partial charge in [-0.15, -0.1) is 21.5 Å². The summed E-state index contributed by atoms with van der Waals surface area (Å²) >= 11 is 1.69. The van der Waals surface area contributed by atoms with E-state index in [1.54, 1.807) is 18.4 Å². The molecule has 1 aromatic heterocycles. The first-order chi connectivity index (χ1) is 14.1. The van der Waals surface area contributed by atoms with Gasteiger partial charge in [0.05, 0.1) is 7.11 Å². The Bertz CT molecular complexity index is 959. The number of hydrogen-bond acceptors (Lipinski definition) is 5. The molecular formula is C23H25N3O2S. The normalized spacial score (nSPS) is 14.8. The van der Waals surface area contributed by atoms with Crippen LogP contribution in [0.25, 0.3) is 0 Å². The zero-order chi connectivity index (χ0) is 20.2. The number of methoxy groups -OCH3 is 1. The summed E-state index contributed by atoms with van der Waals surface area (Å²) in [6.07, 6.45) is 2.66. The number of aryl methyl sites for hydroxylation is 1. The van der Waals surface area contributed by atoms with Crippen LogP contribution >= 0.6 is 11.3 Å². The minimum Gasteiger partial charge on any atom is -0.497 e. The third kappa shape index (κ3) is 4.65. The second-order valence-electron chi connectivity index (χ2n) is 7.49. The van der Waals surface area contributed by atoms with Crippen molar-refractivity contribution < 1.29 is 9.53 Å². The van der Waals surface area contributed by atoms with Crippen molar-refractivity contribution >= 4 is 17.2 Å². The molecule has 2 aromatic carbocycles. The molecule has 29 heavy (non-hydrogen) atoms. The maximum Gasteiger partial charge on any atom is 0.253 e. The molecule has 0 unspecified atom stereocenters. The highest BCUT2D eigenvalue weighted by Gasteiger charge is 2.26. The van der Waals surface area contributed by atoms with Crippen LogP contribution in [0.2, 0.25) is 0 Å². The molecule has 3 aromatic rings. The molecular weight excluding hydrogens is 382 g/mol.